The van der Waals surface area contributed by atoms with Gasteiger partial charge in [-0.15, -0.1) is 0 Å². The van der Waals surface area contributed by atoms with E-state index in [0.29, 0.717) is 30.0 Å². The molecule has 0 saturated heterocycles. The van der Waals surface area contributed by atoms with Gasteiger partial charge in [-0.2, -0.15) is 0 Å². The Balaban J connectivity index is 2.41. The van der Waals surface area contributed by atoms with Gasteiger partial charge in [-0.3, -0.25) is 4.90 Å². The number of hydrogen-bond acceptors (Lipinski definition) is 5. The lowest BCUT2D eigenvalue weighted by atomic mass is 10.0. The first-order valence-electron chi connectivity index (χ1n) is 7.07. The summed E-state index contributed by atoms with van der Waals surface area (Å²) in [4.78, 5) is 25.8. The minimum absolute atomic E-state index is 0.369. The zero-order chi connectivity index (χ0) is 16.5. The fourth-order valence-corrected chi connectivity index (χ4v) is 2.47. The lowest BCUT2D eigenvalue weighted by Gasteiger charge is -2.25. The number of amides is 1. The number of ether oxygens (including phenoxy) is 3. The maximum atomic E-state index is 12.3. The van der Waals surface area contributed by atoms with Gasteiger partial charge >= 0.3 is 12.1 Å². The van der Waals surface area contributed by atoms with Crippen LogP contribution in [-0.2, 0) is 15.9 Å². The Morgan fingerprint density at radius 3 is 2.41 bits per heavy atom. The summed E-state index contributed by atoms with van der Waals surface area (Å²) in [5.41, 5.74) is 1.21. The van der Waals surface area contributed by atoms with Crippen LogP contribution in [0, 0.1) is 0 Å². The number of rotatable bonds is 2. The van der Waals surface area contributed by atoms with E-state index in [0.717, 1.165) is 5.56 Å². The normalized spacial score (nSPS) is 13.6. The van der Waals surface area contributed by atoms with Crippen LogP contribution >= 0.6 is 0 Å². The zero-order valence-corrected chi connectivity index (χ0v) is 13.6. The first-order valence-corrected chi connectivity index (χ1v) is 7.07. The third-order valence-corrected chi connectivity index (χ3v) is 3.35. The molecule has 1 aromatic rings. The predicted molar refractivity (Wildman–Crippen MR) is 81.6 cm³/mol. The molecule has 0 bridgehead atoms. The first-order chi connectivity index (χ1) is 10.3. The summed E-state index contributed by atoms with van der Waals surface area (Å²) in [6.45, 7) is 5.91. The van der Waals surface area contributed by atoms with Gasteiger partial charge in [0, 0.05) is 6.54 Å². The van der Waals surface area contributed by atoms with Crippen molar-refractivity contribution in [2.24, 2.45) is 0 Å². The molecule has 1 aliphatic rings. The molecule has 1 aliphatic heterocycles. The number of hydrogen-bond donors (Lipinski definition) is 0. The van der Waals surface area contributed by atoms with Crippen LogP contribution in [0.15, 0.2) is 12.1 Å². The fraction of sp³-hybridized carbons (Fsp3) is 0.500. The number of methoxy groups -OCH3 is 2. The van der Waals surface area contributed by atoms with Crippen LogP contribution in [0.25, 0.3) is 0 Å². The lowest BCUT2D eigenvalue weighted by molar-refractivity contribution is 0.0577. The highest BCUT2D eigenvalue weighted by molar-refractivity contribution is 5.99. The second-order valence-electron chi connectivity index (χ2n) is 6.01. The van der Waals surface area contributed by atoms with E-state index in [2.05, 4.69) is 0 Å². The lowest BCUT2D eigenvalue weighted by Crippen LogP contribution is -2.35. The molecule has 0 aromatic heterocycles. The van der Waals surface area contributed by atoms with Gasteiger partial charge in [0.25, 0.3) is 0 Å². The molecule has 120 valence electrons. The highest BCUT2D eigenvalue weighted by Crippen LogP contribution is 2.37. The summed E-state index contributed by atoms with van der Waals surface area (Å²) in [6.07, 6.45) is 0.128. The third kappa shape index (κ3) is 3.00. The Bertz CT molecular complexity index is 603. The molecule has 6 heteroatoms. The highest BCUT2D eigenvalue weighted by Gasteiger charge is 2.33. The molecule has 0 aliphatic carbocycles. The minimum atomic E-state index is -0.572. The molecular weight excluding hydrogens is 286 g/mol. The molecule has 0 unspecified atom stereocenters. The van der Waals surface area contributed by atoms with E-state index in [1.807, 2.05) is 20.8 Å². The Hall–Kier alpha value is -2.24. The molecule has 0 radical (unpaired) electrons. The summed E-state index contributed by atoms with van der Waals surface area (Å²) in [5.74, 6) is -0.0311. The molecule has 1 aromatic carbocycles. The number of carbonyl (C=O) groups is 2. The predicted octanol–water partition coefficient (Wildman–Crippen LogP) is 2.78. The van der Waals surface area contributed by atoms with Crippen LogP contribution in [0.3, 0.4) is 0 Å². The van der Waals surface area contributed by atoms with Gasteiger partial charge in [0.15, 0.2) is 0 Å². The van der Waals surface area contributed by atoms with Crippen molar-refractivity contribution in [3.63, 3.8) is 0 Å². The molecular formula is C16H21NO5. The molecule has 2 rings (SSSR count). The van der Waals surface area contributed by atoms with Crippen LogP contribution in [0.1, 0.15) is 36.7 Å². The Morgan fingerprint density at radius 1 is 1.18 bits per heavy atom. The van der Waals surface area contributed by atoms with Crippen molar-refractivity contribution in [3.05, 3.63) is 23.3 Å². The maximum absolute atomic E-state index is 12.3. The number of anilines is 1. The van der Waals surface area contributed by atoms with E-state index >= 15 is 0 Å². The molecule has 0 spiro atoms. The molecule has 0 fully saturated rings. The molecule has 0 N–H and O–H groups in total. The number of benzene rings is 1. The Labute approximate surface area is 129 Å². The average Bonchev–Trinajstić information content (AvgIpc) is 2.87. The number of nitrogens with zero attached hydrogens (tertiary/aromatic N) is 1. The van der Waals surface area contributed by atoms with Crippen LogP contribution in [0.5, 0.6) is 5.75 Å². The van der Waals surface area contributed by atoms with E-state index in [4.69, 9.17) is 14.2 Å². The maximum Gasteiger partial charge on any atom is 0.414 e. The van der Waals surface area contributed by atoms with Gasteiger partial charge in [0.1, 0.15) is 16.9 Å². The number of carbonyl (C=O) groups excluding carboxylic acids is 2. The van der Waals surface area contributed by atoms with E-state index in [-0.39, 0.29) is 0 Å². The van der Waals surface area contributed by atoms with Gasteiger partial charge in [-0.25, -0.2) is 9.59 Å². The largest absolute Gasteiger partial charge is 0.496 e. The van der Waals surface area contributed by atoms with Crippen LogP contribution in [-0.4, -0.2) is 38.4 Å². The monoisotopic (exact) mass is 307 g/mol. The topological polar surface area (TPSA) is 65.1 Å². The van der Waals surface area contributed by atoms with Crippen molar-refractivity contribution in [3.8, 4) is 5.75 Å². The third-order valence-electron chi connectivity index (χ3n) is 3.35. The SMILES string of the molecule is COC(=O)c1c(OC)ccc2c1CCN2C(=O)OC(C)(C)C. The summed E-state index contributed by atoms with van der Waals surface area (Å²) in [7, 11) is 2.82. The number of esters is 1. The van der Waals surface area contributed by atoms with Crippen molar-refractivity contribution < 1.29 is 23.8 Å². The minimum Gasteiger partial charge on any atom is -0.496 e. The summed E-state index contributed by atoms with van der Waals surface area (Å²) in [5, 5.41) is 0. The zero-order valence-electron chi connectivity index (χ0n) is 13.6. The van der Waals surface area contributed by atoms with Gasteiger partial charge in [-0.1, -0.05) is 0 Å². The van der Waals surface area contributed by atoms with E-state index in [1.165, 1.54) is 19.1 Å². The molecule has 6 nitrogen and oxygen atoms in total. The molecule has 1 amide bonds. The summed E-state index contributed by atoms with van der Waals surface area (Å²) < 4.78 is 15.5. The van der Waals surface area contributed by atoms with Crippen molar-refractivity contribution >= 4 is 17.7 Å². The average molecular weight is 307 g/mol. The molecule has 0 atom stereocenters. The first kappa shape index (κ1) is 16.1. The second-order valence-corrected chi connectivity index (χ2v) is 6.01. The van der Waals surface area contributed by atoms with Gasteiger partial charge in [0.05, 0.1) is 19.9 Å². The Morgan fingerprint density at radius 2 is 1.86 bits per heavy atom. The standard InChI is InChI=1S/C16H21NO5/c1-16(2,3)22-15(19)17-9-8-10-11(17)6-7-12(20-4)13(10)14(18)21-5/h6-7H,8-9H2,1-5H3. The highest BCUT2D eigenvalue weighted by atomic mass is 16.6. The van der Waals surface area contributed by atoms with Gasteiger partial charge in [-0.05, 0) is 44.9 Å². The Kier molecular flexibility index (Phi) is 4.30. The molecule has 0 saturated carbocycles. The summed E-state index contributed by atoms with van der Waals surface area (Å²) in [6, 6.07) is 3.42. The van der Waals surface area contributed by atoms with Gasteiger partial charge < -0.3 is 14.2 Å². The smallest absolute Gasteiger partial charge is 0.414 e. The van der Waals surface area contributed by atoms with Crippen LogP contribution in [0.4, 0.5) is 10.5 Å². The van der Waals surface area contributed by atoms with E-state index < -0.39 is 17.7 Å². The van der Waals surface area contributed by atoms with Crippen molar-refractivity contribution in [1.82, 2.24) is 0 Å². The van der Waals surface area contributed by atoms with Crippen molar-refractivity contribution in [1.29, 1.82) is 0 Å². The quantitative estimate of drug-likeness (QED) is 0.786. The number of fused-ring (bicyclic) bond motifs is 1. The molecule has 1 heterocycles. The van der Waals surface area contributed by atoms with E-state index in [1.54, 1.807) is 12.1 Å². The van der Waals surface area contributed by atoms with Crippen LogP contribution < -0.4 is 9.64 Å². The van der Waals surface area contributed by atoms with Crippen LogP contribution in [0.2, 0.25) is 0 Å². The fourth-order valence-electron chi connectivity index (χ4n) is 2.47. The second kappa shape index (κ2) is 5.87. The van der Waals surface area contributed by atoms with Gasteiger partial charge in [0.2, 0.25) is 0 Å². The van der Waals surface area contributed by atoms with E-state index in [9.17, 15) is 9.59 Å². The van der Waals surface area contributed by atoms with Crippen molar-refractivity contribution in [2.75, 3.05) is 25.7 Å². The van der Waals surface area contributed by atoms with Crippen molar-refractivity contribution in [2.45, 2.75) is 32.8 Å². The summed E-state index contributed by atoms with van der Waals surface area (Å²) >= 11 is 0. The molecule has 22 heavy (non-hydrogen) atoms.